The number of hydrogen-bond acceptors (Lipinski definition) is 20. The Balaban J connectivity index is 1.43. The van der Waals surface area contributed by atoms with Crippen LogP contribution in [-0.2, 0) is 52.3 Å². The zero-order valence-electron chi connectivity index (χ0n) is 41.6. The van der Waals surface area contributed by atoms with Gasteiger partial charge >= 0.3 is 30.0 Å². The summed E-state index contributed by atoms with van der Waals surface area (Å²) in [5, 5.41) is 84.8. The minimum atomic E-state index is -2.52. The molecule has 0 radical (unpaired) electrons. The van der Waals surface area contributed by atoms with Gasteiger partial charge in [-0.1, -0.05) is 69.3 Å². The van der Waals surface area contributed by atoms with E-state index in [-0.39, 0.29) is 28.7 Å². The van der Waals surface area contributed by atoms with Crippen LogP contribution in [0.4, 0.5) is 4.79 Å². The molecule has 4 fully saturated rings. The van der Waals surface area contributed by atoms with Crippen LogP contribution < -0.4 is 5.32 Å². The molecule has 17 atom stereocenters. The summed E-state index contributed by atoms with van der Waals surface area (Å²) in [6.07, 6.45) is -23.0. The zero-order valence-corrected chi connectivity index (χ0v) is 41.6. The first-order chi connectivity index (χ1) is 33.6. The van der Waals surface area contributed by atoms with E-state index in [1.807, 2.05) is 0 Å². The predicted octanol–water partition coefficient (Wildman–Crippen LogP) is 1.45. The molecule has 0 spiro atoms. The summed E-state index contributed by atoms with van der Waals surface area (Å²) < 4.78 is 48.9. The fourth-order valence-corrected chi connectivity index (χ4v) is 11.6. The summed E-state index contributed by atoms with van der Waals surface area (Å²) in [5.41, 5.74) is -8.79. The summed E-state index contributed by atoms with van der Waals surface area (Å²) in [6, 6.07) is 14.3. The van der Waals surface area contributed by atoms with Crippen molar-refractivity contribution in [3.05, 3.63) is 82.9 Å². The molecule has 2 bridgehead atoms. The van der Waals surface area contributed by atoms with Gasteiger partial charge in [0.05, 0.1) is 36.8 Å². The lowest BCUT2D eigenvalue weighted by Crippen LogP contribution is -2.83. The van der Waals surface area contributed by atoms with Gasteiger partial charge in [0.15, 0.2) is 24.1 Å². The number of fused-ring (bicyclic) bond motifs is 5. The Morgan fingerprint density at radius 3 is 2.04 bits per heavy atom. The number of carbonyl (C=O) groups is 5. The molecule has 7 rings (SSSR count). The third kappa shape index (κ3) is 9.76. The third-order valence-electron chi connectivity index (χ3n) is 15.2. The maximum Gasteiger partial charge on any atom is 0.408 e. The van der Waals surface area contributed by atoms with Gasteiger partial charge in [0.25, 0.3) is 0 Å². The van der Waals surface area contributed by atoms with E-state index in [9.17, 15) is 59.7 Å². The Kier molecular flexibility index (Phi) is 15.4. The number of ether oxygens (including phenoxy) is 8. The number of nitrogens with one attached hydrogen (secondary N) is 1. The molecule has 72 heavy (non-hydrogen) atoms. The van der Waals surface area contributed by atoms with Crippen LogP contribution in [0, 0.1) is 16.7 Å². The van der Waals surface area contributed by atoms with E-state index in [2.05, 4.69) is 5.32 Å². The first-order valence-corrected chi connectivity index (χ1v) is 23.9. The number of aliphatic hydroxyl groups excluding tert-OH is 6. The number of rotatable bonds is 12. The van der Waals surface area contributed by atoms with E-state index >= 15 is 0 Å². The van der Waals surface area contributed by atoms with Crippen molar-refractivity contribution < 1.29 is 97.6 Å². The van der Waals surface area contributed by atoms with Crippen molar-refractivity contribution in [3.8, 4) is 0 Å². The van der Waals surface area contributed by atoms with E-state index in [0.717, 1.165) is 13.8 Å². The SMILES string of the molecule is CC(=O)O[C@@H]1C2=C(C)[C@@H](OC(=O)[C@H](O)[C@@H](NC(=O)OC(C)(C)C)c3ccccc3)C[C@@](O)(C(OC(=O)c3ccccc3)C3[C@@](C)([C@@H](OC4O[C@@H](CO)[C@H](O)[C@@H](O)[C@@H]4O)C[C@H]4OC[C@@]34OC(C)=O)[C@H]1O)C2(C)C. The van der Waals surface area contributed by atoms with Gasteiger partial charge in [-0.3, -0.25) is 9.59 Å². The molecular weight excluding hydrogens is 947 g/mol. The lowest BCUT2D eigenvalue weighted by Gasteiger charge is -2.69. The fraction of sp³-hybridized carbons (Fsp3) is 0.627. The van der Waals surface area contributed by atoms with Gasteiger partial charge in [-0.05, 0) is 56.5 Å². The first-order valence-electron chi connectivity index (χ1n) is 23.9. The van der Waals surface area contributed by atoms with Gasteiger partial charge in [0, 0.05) is 37.5 Å². The van der Waals surface area contributed by atoms with Gasteiger partial charge in [-0.15, -0.1) is 0 Å². The standard InChI is InChI=1S/C51H67NO20/c1-24-29(67-44(62)36(57)34(27-16-12-10-13-17-27)52-46(63)72-47(4,5)6)21-51(64)42(70-43(61)28-18-14-11-15-19-28)40-49(9,41(60)39(66-25(2)54)33(24)48(51,7)8)31(20-32-50(40,23-65-32)71-26(3)55)69-45-38(59)37(58)35(56)30(22-53)68-45/h10-19,29-32,34-42,45,53,56-60,64H,20-23H2,1-9H3,(H,52,63)/t29-,30-,31-,32+,34-,35-,36+,37+,38-,39+,40?,41-,42?,45?,49+,50-,51+/m0/s1. The maximum atomic E-state index is 14.7. The topological polar surface area (TPSA) is 313 Å². The molecule has 3 aliphatic carbocycles. The van der Waals surface area contributed by atoms with Crippen LogP contribution in [0.15, 0.2) is 71.8 Å². The molecule has 21 heteroatoms. The summed E-state index contributed by atoms with van der Waals surface area (Å²) in [7, 11) is 0. The van der Waals surface area contributed by atoms with E-state index in [0.29, 0.717) is 0 Å². The number of esters is 4. The van der Waals surface area contributed by atoms with Gasteiger partial charge in [-0.2, -0.15) is 0 Å². The van der Waals surface area contributed by atoms with Crippen molar-refractivity contribution in [2.75, 3.05) is 13.2 Å². The Hall–Kier alpha value is -5.07. The number of aliphatic hydroxyl groups is 7. The van der Waals surface area contributed by atoms with Crippen LogP contribution >= 0.6 is 0 Å². The lowest BCUT2D eigenvalue weighted by molar-refractivity contribution is -0.389. The molecule has 2 saturated carbocycles. The van der Waals surface area contributed by atoms with Crippen molar-refractivity contribution in [1.29, 1.82) is 0 Å². The third-order valence-corrected chi connectivity index (χ3v) is 15.2. The normalized spacial score (nSPS) is 36.8. The Bertz CT molecular complexity index is 2370. The Labute approximate surface area is 416 Å². The molecule has 3 unspecified atom stereocenters. The molecule has 396 valence electrons. The van der Waals surface area contributed by atoms with E-state index in [4.69, 9.17) is 37.9 Å². The molecule has 2 saturated heterocycles. The first kappa shape index (κ1) is 54.7. The van der Waals surface area contributed by atoms with Gasteiger partial charge in [0.2, 0.25) is 0 Å². The van der Waals surface area contributed by atoms with Crippen LogP contribution in [0.1, 0.15) is 97.1 Å². The van der Waals surface area contributed by atoms with E-state index in [1.165, 1.54) is 26.0 Å². The number of amides is 1. The second-order valence-electron chi connectivity index (χ2n) is 21.2. The average Bonchev–Trinajstić information content (AvgIpc) is 3.30. The number of carbonyl (C=O) groups excluding carboxylic acids is 5. The molecule has 2 aromatic carbocycles. The van der Waals surface area contributed by atoms with Crippen molar-refractivity contribution >= 4 is 30.0 Å². The van der Waals surface area contributed by atoms with Crippen LogP contribution in [0.2, 0.25) is 0 Å². The van der Waals surface area contributed by atoms with Gasteiger partial charge < -0.3 is 79.0 Å². The Morgan fingerprint density at radius 2 is 1.49 bits per heavy atom. The van der Waals surface area contributed by atoms with E-state index < -0.39 is 163 Å². The summed E-state index contributed by atoms with van der Waals surface area (Å²) in [5.74, 6) is -5.73. The van der Waals surface area contributed by atoms with Gasteiger partial charge in [-0.25, -0.2) is 14.4 Å². The number of hydrogen-bond donors (Lipinski definition) is 8. The largest absolute Gasteiger partial charge is 0.456 e. The highest BCUT2D eigenvalue weighted by atomic mass is 16.7. The molecule has 5 aliphatic rings. The number of alkyl carbamates (subject to hydrolysis) is 1. The van der Waals surface area contributed by atoms with Crippen molar-refractivity contribution in [3.63, 3.8) is 0 Å². The maximum absolute atomic E-state index is 14.7. The van der Waals surface area contributed by atoms with Gasteiger partial charge in [0.1, 0.15) is 60.0 Å². The molecule has 2 aliphatic heterocycles. The second kappa shape index (κ2) is 20.3. The second-order valence-corrected chi connectivity index (χ2v) is 21.2. The molecule has 2 heterocycles. The highest BCUT2D eigenvalue weighted by Gasteiger charge is 2.79. The predicted molar refractivity (Wildman–Crippen MR) is 247 cm³/mol. The summed E-state index contributed by atoms with van der Waals surface area (Å²) in [6.45, 7) is 11.9. The molecule has 21 nitrogen and oxygen atoms in total. The van der Waals surface area contributed by atoms with Crippen molar-refractivity contribution in [2.45, 2.75) is 171 Å². The van der Waals surface area contributed by atoms with Crippen LogP contribution in [-0.4, -0.2) is 169 Å². The fourth-order valence-electron chi connectivity index (χ4n) is 11.6. The monoisotopic (exact) mass is 1010 g/mol. The highest BCUT2D eigenvalue weighted by molar-refractivity contribution is 5.89. The molecule has 1 amide bonds. The molecule has 0 aromatic heterocycles. The molecular formula is C51H67NO20. The van der Waals surface area contributed by atoms with Crippen LogP contribution in [0.5, 0.6) is 0 Å². The summed E-state index contributed by atoms with van der Waals surface area (Å²) >= 11 is 0. The smallest absolute Gasteiger partial charge is 0.408 e. The highest BCUT2D eigenvalue weighted by Crippen LogP contribution is 2.66. The summed E-state index contributed by atoms with van der Waals surface area (Å²) in [4.78, 5) is 69.1. The van der Waals surface area contributed by atoms with E-state index in [1.54, 1.807) is 83.1 Å². The Morgan fingerprint density at radius 1 is 0.861 bits per heavy atom. The molecule has 8 N–H and O–H groups in total. The number of benzene rings is 2. The minimum absolute atomic E-state index is 0.00665. The zero-order chi connectivity index (χ0) is 53.0. The van der Waals surface area contributed by atoms with Crippen LogP contribution in [0.25, 0.3) is 0 Å². The quantitative estimate of drug-likeness (QED) is 0.0847. The van der Waals surface area contributed by atoms with Crippen molar-refractivity contribution in [2.24, 2.45) is 16.7 Å². The lowest BCUT2D eigenvalue weighted by atomic mass is 9.44. The minimum Gasteiger partial charge on any atom is -0.456 e. The molecule has 2 aromatic rings. The van der Waals surface area contributed by atoms with Crippen molar-refractivity contribution in [1.82, 2.24) is 5.32 Å². The van der Waals surface area contributed by atoms with Crippen LogP contribution in [0.3, 0.4) is 0 Å². The average molecular weight is 1010 g/mol.